The summed E-state index contributed by atoms with van der Waals surface area (Å²) >= 11 is 2.07. The lowest BCUT2D eigenvalue weighted by atomic mass is 10.00. The van der Waals surface area contributed by atoms with Crippen LogP contribution in [0.15, 0.2) is 0 Å². The fourth-order valence-electron chi connectivity index (χ4n) is 2.00. The molecule has 2 unspecified atom stereocenters. The zero-order chi connectivity index (χ0) is 10.6. The van der Waals surface area contributed by atoms with Gasteiger partial charge in [0.15, 0.2) is 0 Å². The van der Waals surface area contributed by atoms with Crippen LogP contribution in [0, 0.1) is 5.92 Å². The summed E-state index contributed by atoms with van der Waals surface area (Å²) in [5.41, 5.74) is 0.0225. The predicted octanol–water partition coefficient (Wildman–Crippen LogP) is 1.88. The van der Waals surface area contributed by atoms with Crippen LogP contribution in [-0.4, -0.2) is 35.3 Å². The molecule has 0 saturated heterocycles. The Bertz CT molecular complexity index is 169. The summed E-state index contributed by atoms with van der Waals surface area (Å²) in [6.45, 7) is 4.81. The van der Waals surface area contributed by atoms with Crippen LogP contribution in [0.25, 0.3) is 0 Å². The van der Waals surface area contributed by atoms with Gasteiger partial charge in [0.1, 0.15) is 0 Å². The number of hydrogen-bond donors (Lipinski definition) is 2. The lowest BCUT2D eigenvalue weighted by Gasteiger charge is -2.26. The van der Waals surface area contributed by atoms with E-state index in [0.717, 1.165) is 24.0 Å². The summed E-state index contributed by atoms with van der Waals surface area (Å²) in [6.07, 6.45) is 3.49. The first-order chi connectivity index (χ1) is 6.62. The van der Waals surface area contributed by atoms with Gasteiger partial charge in [0.2, 0.25) is 0 Å². The Morgan fingerprint density at radius 3 is 2.71 bits per heavy atom. The number of thioether (sulfide) groups is 1. The van der Waals surface area contributed by atoms with Crippen LogP contribution < -0.4 is 5.32 Å². The van der Waals surface area contributed by atoms with Gasteiger partial charge in [-0.15, -0.1) is 0 Å². The molecule has 1 rings (SSSR count). The van der Waals surface area contributed by atoms with E-state index >= 15 is 0 Å². The zero-order valence-electron chi connectivity index (χ0n) is 9.55. The van der Waals surface area contributed by atoms with Crippen LogP contribution >= 0.6 is 11.8 Å². The number of aliphatic hydroxyl groups is 1. The maximum absolute atomic E-state index is 9.34. The molecule has 0 aliphatic heterocycles. The Morgan fingerprint density at radius 1 is 1.57 bits per heavy atom. The van der Waals surface area contributed by atoms with E-state index < -0.39 is 0 Å². The second-order valence-electron chi connectivity index (χ2n) is 4.78. The standard InChI is InChI=1S/C11H23NOS/c1-9(2)7-14-10-4-5-11(6-10,8-13)12-3/h9-10,12-13H,4-8H2,1-3H3. The van der Waals surface area contributed by atoms with Crippen molar-refractivity contribution >= 4 is 11.8 Å². The molecule has 2 N–H and O–H groups in total. The van der Waals surface area contributed by atoms with Crippen LogP contribution in [0.4, 0.5) is 0 Å². The molecular weight excluding hydrogens is 194 g/mol. The van der Waals surface area contributed by atoms with Crippen molar-refractivity contribution in [2.24, 2.45) is 5.92 Å². The third kappa shape index (κ3) is 3.14. The van der Waals surface area contributed by atoms with Crippen LogP contribution in [-0.2, 0) is 0 Å². The second-order valence-corrected chi connectivity index (χ2v) is 6.11. The van der Waals surface area contributed by atoms with Gasteiger partial charge in [-0.25, -0.2) is 0 Å². The van der Waals surface area contributed by atoms with Gasteiger partial charge in [-0.3, -0.25) is 0 Å². The number of aliphatic hydroxyl groups excluding tert-OH is 1. The van der Waals surface area contributed by atoms with Crippen LogP contribution in [0.1, 0.15) is 33.1 Å². The molecule has 0 aromatic rings. The first kappa shape index (κ1) is 12.3. The third-order valence-corrected chi connectivity index (χ3v) is 4.79. The molecule has 0 aromatic carbocycles. The highest BCUT2D eigenvalue weighted by Gasteiger charge is 2.37. The van der Waals surface area contributed by atoms with Gasteiger partial charge in [0, 0.05) is 10.8 Å². The van der Waals surface area contributed by atoms with Crippen molar-refractivity contribution in [3.8, 4) is 0 Å². The van der Waals surface area contributed by atoms with Crippen LogP contribution in [0.3, 0.4) is 0 Å². The molecule has 0 heterocycles. The van der Waals surface area contributed by atoms with E-state index in [9.17, 15) is 5.11 Å². The monoisotopic (exact) mass is 217 g/mol. The van der Waals surface area contributed by atoms with Crippen molar-refractivity contribution in [3.05, 3.63) is 0 Å². The molecule has 2 nitrogen and oxygen atoms in total. The zero-order valence-corrected chi connectivity index (χ0v) is 10.4. The molecule has 1 aliphatic carbocycles. The van der Waals surface area contributed by atoms with E-state index in [0.29, 0.717) is 0 Å². The van der Waals surface area contributed by atoms with Crippen molar-refractivity contribution in [2.45, 2.75) is 43.9 Å². The average Bonchev–Trinajstić information content (AvgIpc) is 2.59. The smallest absolute Gasteiger partial charge is 0.0613 e. The van der Waals surface area contributed by atoms with Gasteiger partial charge in [-0.05, 0) is 38.0 Å². The molecule has 1 fully saturated rings. The van der Waals surface area contributed by atoms with Gasteiger partial charge in [-0.2, -0.15) is 11.8 Å². The Morgan fingerprint density at radius 2 is 2.29 bits per heavy atom. The van der Waals surface area contributed by atoms with E-state index in [1.807, 2.05) is 7.05 Å². The molecule has 3 heteroatoms. The summed E-state index contributed by atoms with van der Waals surface area (Å²) in [6, 6.07) is 0. The van der Waals surface area contributed by atoms with E-state index in [1.54, 1.807) is 0 Å². The molecule has 0 spiro atoms. The number of likely N-dealkylation sites (N-methyl/N-ethyl adjacent to an activating group) is 1. The van der Waals surface area contributed by atoms with Gasteiger partial charge >= 0.3 is 0 Å². The molecule has 1 saturated carbocycles. The highest BCUT2D eigenvalue weighted by atomic mass is 32.2. The predicted molar refractivity (Wildman–Crippen MR) is 63.8 cm³/mol. The van der Waals surface area contributed by atoms with Crippen LogP contribution in [0.5, 0.6) is 0 Å². The average molecular weight is 217 g/mol. The van der Waals surface area contributed by atoms with Crippen molar-refractivity contribution in [2.75, 3.05) is 19.4 Å². The lowest BCUT2D eigenvalue weighted by molar-refractivity contribution is 0.173. The van der Waals surface area contributed by atoms with E-state index in [2.05, 4.69) is 30.9 Å². The fraction of sp³-hybridized carbons (Fsp3) is 1.00. The number of rotatable bonds is 5. The van der Waals surface area contributed by atoms with E-state index in [4.69, 9.17) is 0 Å². The highest BCUT2D eigenvalue weighted by Crippen LogP contribution is 2.37. The molecule has 14 heavy (non-hydrogen) atoms. The maximum Gasteiger partial charge on any atom is 0.0613 e. The summed E-state index contributed by atoms with van der Waals surface area (Å²) in [5, 5.41) is 13.4. The summed E-state index contributed by atoms with van der Waals surface area (Å²) in [5.74, 6) is 2.02. The number of hydrogen-bond acceptors (Lipinski definition) is 3. The summed E-state index contributed by atoms with van der Waals surface area (Å²) < 4.78 is 0. The van der Waals surface area contributed by atoms with Crippen molar-refractivity contribution in [3.63, 3.8) is 0 Å². The van der Waals surface area contributed by atoms with Crippen LogP contribution in [0.2, 0.25) is 0 Å². The minimum Gasteiger partial charge on any atom is -0.394 e. The maximum atomic E-state index is 9.34. The number of nitrogens with one attached hydrogen (secondary N) is 1. The third-order valence-electron chi connectivity index (χ3n) is 3.06. The van der Waals surface area contributed by atoms with Gasteiger partial charge in [-0.1, -0.05) is 13.8 Å². The van der Waals surface area contributed by atoms with E-state index in [-0.39, 0.29) is 12.1 Å². The van der Waals surface area contributed by atoms with Crippen molar-refractivity contribution in [1.29, 1.82) is 0 Å². The molecular formula is C11H23NOS. The minimum atomic E-state index is 0.0225. The molecule has 0 amide bonds. The van der Waals surface area contributed by atoms with Crippen molar-refractivity contribution < 1.29 is 5.11 Å². The van der Waals surface area contributed by atoms with Gasteiger partial charge in [0.05, 0.1) is 6.61 Å². The molecule has 84 valence electrons. The Balaban J connectivity index is 2.32. The molecule has 0 bridgehead atoms. The summed E-state index contributed by atoms with van der Waals surface area (Å²) in [7, 11) is 1.96. The normalized spacial score (nSPS) is 32.8. The topological polar surface area (TPSA) is 32.3 Å². The van der Waals surface area contributed by atoms with Gasteiger partial charge in [0.25, 0.3) is 0 Å². The lowest BCUT2D eigenvalue weighted by Crippen LogP contribution is -2.44. The fourth-order valence-corrected chi connectivity index (χ4v) is 3.38. The SMILES string of the molecule is CNC1(CO)CCC(SCC(C)C)C1. The Kier molecular flexibility index (Phi) is 4.74. The Hall–Kier alpha value is 0.270. The quantitative estimate of drug-likeness (QED) is 0.737. The van der Waals surface area contributed by atoms with Gasteiger partial charge < -0.3 is 10.4 Å². The van der Waals surface area contributed by atoms with E-state index in [1.165, 1.54) is 12.2 Å². The largest absolute Gasteiger partial charge is 0.394 e. The molecule has 0 radical (unpaired) electrons. The first-order valence-electron chi connectivity index (χ1n) is 5.53. The second kappa shape index (κ2) is 5.38. The molecule has 0 aromatic heterocycles. The highest BCUT2D eigenvalue weighted by molar-refractivity contribution is 7.99. The van der Waals surface area contributed by atoms with Crippen molar-refractivity contribution in [1.82, 2.24) is 5.32 Å². The minimum absolute atomic E-state index is 0.0225. The molecule has 2 atom stereocenters. The summed E-state index contributed by atoms with van der Waals surface area (Å²) in [4.78, 5) is 0. The molecule has 1 aliphatic rings. The Labute approximate surface area is 91.9 Å². The first-order valence-corrected chi connectivity index (χ1v) is 6.58.